The molecule has 1 aliphatic carbocycles. The highest BCUT2D eigenvalue weighted by molar-refractivity contribution is 5.78. The maximum Gasteiger partial charge on any atom is 0.234 e. The number of ether oxygens (including phenoxy) is 2. The van der Waals surface area contributed by atoms with Gasteiger partial charge in [0.1, 0.15) is 0 Å². The highest BCUT2D eigenvalue weighted by Crippen LogP contribution is 2.35. The molecule has 1 aromatic carbocycles. The van der Waals surface area contributed by atoms with Crippen LogP contribution in [0.2, 0.25) is 0 Å². The molecule has 1 N–H and O–H groups in total. The van der Waals surface area contributed by atoms with Crippen LogP contribution < -0.4 is 5.32 Å². The molecule has 1 saturated heterocycles. The van der Waals surface area contributed by atoms with Gasteiger partial charge in [0, 0.05) is 32.0 Å². The lowest BCUT2D eigenvalue weighted by atomic mass is 9.90. The molecule has 136 valence electrons. The van der Waals surface area contributed by atoms with Crippen LogP contribution >= 0.6 is 0 Å². The molecular weight excluding hydrogens is 316 g/mol. The maximum absolute atomic E-state index is 12.4. The van der Waals surface area contributed by atoms with Crippen molar-refractivity contribution in [1.82, 2.24) is 10.2 Å². The Kier molecular flexibility index (Phi) is 6.24. The van der Waals surface area contributed by atoms with Gasteiger partial charge in [0.2, 0.25) is 5.91 Å². The lowest BCUT2D eigenvalue weighted by Crippen LogP contribution is -2.46. The summed E-state index contributed by atoms with van der Waals surface area (Å²) in [6, 6.07) is 10.4. The second kappa shape index (κ2) is 8.61. The molecule has 5 heteroatoms. The van der Waals surface area contributed by atoms with E-state index in [2.05, 4.69) is 28.9 Å². The number of hydrogen-bond donors (Lipinski definition) is 1. The Labute approximate surface area is 150 Å². The fourth-order valence-electron chi connectivity index (χ4n) is 3.67. The molecule has 1 saturated carbocycles. The number of benzene rings is 1. The summed E-state index contributed by atoms with van der Waals surface area (Å²) in [5, 5.41) is 3.17. The molecule has 1 heterocycles. The largest absolute Gasteiger partial charge is 0.352 e. The Hall–Kier alpha value is -1.69. The minimum atomic E-state index is -0.372. The van der Waals surface area contributed by atoms with E-state index in [1.807, 2.05) is 24.3 Å². The molecule has 1 spiro atoms. The van der Waals surface area contributed by atoms with Crippen LogP contribution in [-0.4, -0.2) is 48.9 Å². The average Bonchev–Trinajstić information content (AvgIpc) is 3.06. The predicted octanol–water partition coefficient (Wildman–Crippen LogP) is 2.48. The maximum atomic E-state index is 12.4. The third-order valence-electron chi connectivity index (χ3n) is 4.93. The van der Waals surface area contributed by atoms with Gasteiger partial charge in [0.25, 0.3) is 0 Å². The van der Waals surface area contributed by atoms with E-state index in [1.54, 1.807) is 0 Å². The zero-order valence-corrected chi connectivity index (χ0v) is 14.8. The van der Waals surface area contributed by atoms with Gasteiger partial charge in [-0.1, -0.05) is 36.4 Å². The minimum Gasteiger partial charge on any atom is -0.352 e. The van der Waals surface area contributed by atoms with E-state index in [4.69, 9.17) is 9.47 Å². The van der Waals surface area contributed by atoms with Crippen molar-refractivity contribution in [3.8, 4) is 0 Å². The first kappa shape index (κ1) is 18.1. The molecule has 0 radical (unpaired) electrons. The van der Waals surface area contributed by atoms with Crippen LogP contribution in [0.15, 0.2) is 43.0 Å². The number of carbonyl (C=O) groups excluding carboxylic acids is 1. The Bertz CT molecular complexity index is 560. The first-order valence-corrected chi connectivity index (χ1v) is 9.13. The molecule has 0 bridgehead atoms. The van der Waals surface area contributed by atoms with Gasteiger partial charge in [0.05, 0.1) is 19.8 Å². The molecule has 3 rings (SSSR count). The van der Waals surface area contributed by atoms with Crippen LogP contribution in [0.4, 0.5) is 0 Å². The fourth-order valence-corrected chi connectivity index (χ4v) is 3.67. The zero-order chi connectivity index (χ0) is 17.5. The Morgan fingerprint density at radius 3 is 2.56 bits per heavy atom. The minimum absolute atomic E-state index is 0.0759. The lowest BCUT2D eigenvalue weighted by Gasteiger charge is -2.35. The van der Waals surface area contributed by atoms with Crippen molar-refractivity contribution in [3.63, 3.8) is 0 Å². The number of rotatable bonds is 7. The first-order valence-electron chi connectivity index (χ1n) is 9.13. The summed E-state index contributed by atoms with van der Waals surface area (Å²) in [6.07, 6.45) is 5.38. The second-order valence-corrected chi connectivity index (χ2v) is 6.89. The highest BCUT2D eigenvalue weighted by Gasteiger charge is 2.40. The summed E-state index contributed by atoms with van der Waals surface area (Å²) in [4.78, 5) is 14.6. The van der Waals surface area contributed by atoms with Gasteiger partial charge in [-0.25, -0.2) is 0 Å². The van der Waals surface area contributed by atoms with Crippen molar-refractivity contribution in [2.24, 2.45) is 0 Å². The van der Waals surface area contributed by atoms with Crippen molar-refractivity contribution in [3.05, 3.63) is 48.6 Å². The molecule has 0 aromatic heterocycles. The van der Waals surface area contributed by atoms with Crippen LogP contribution in [0.3, 0.4) is 0 Å². The van der Waals surface area contributed by atoms with Gasteiger partial charge >= 0.3 is 0 Å². The van der Waals surface area contributed by atoms with E-state index in [0.717, 1.165) is 32.2 Å². The third kappa shape index (κ3) is 5.14. The Balaban J connectivity index is 1.46. The van der Waals surface area contributed by atoms with E-state index < -0.39 is 0 Å². The van der Waals surface area contributed by atoms with E-state index in [-0.39, 0.29) is 17.7 Å². The first-order chi connectivity index (χ1) is 12.2. The summed E-state index contributed by atoms with van der Waals surface area (Å²) in [6.45, 7) is 7.00. The highest BCUT2D eigenvalue weighted by atomic mass is 16.7. The molecular formula is C20H28N2O3. The molecule has 0 atom stereocenters. The molecule has 1 amide bonds. The molecule has 1 aliphatic heterocycles. The Morgan fingerprint density at radius 2 is 1.92 bits per heavy atom. The normalized spacial score (nSPS) is 20.0. The van der Waals surface area contributed by atoms with Gasteiger partial charge in [-0.15, -0.1) is 6.58 Å². The second-order valence-electron chi connectivity index (χ2n) is 6.89. The van der Waals surface area contributed by atoms with Gasteiger partial charge in [-0.05, 0) is 18.4 Å². The Morgan fingerprint density at radius 1 is 1.24 bits per heavy atom. The molecule has 25 heavy (non-hydrogen) atoms. The van der Waals surface area contributed by atoms with Crippen LogP contribution in [0, 0.1) is 0 Å². The predicted molar refractivity (Wildman–Crippen MR) is 96.9 cm³/mol. The topological polar surface area (TPSA) is 50.8 Å². The summed E-state index contributed by atoms with van der Waals surface area (Å²) >= 11 is 0. The van der Waals surface area contributed by atoms with Crippen molar-refractivity contribution < 1.29 is 14.3 Å². The SMILES string of the molecule is C=CCN(CC(=O)NC1CCC2(CC1)OCCO2)Cc1ccccc1. The van der Waals surface area contributed by atoms with Crippen molar-refractivity contribution in [1.29, 1.82) is 0 Å². The summed E-state index contributed by atoms with van der Waals surface area (Å²) in [5.41, 5.74) is 1.20. The van der Waals surface area contributed by atoms with E-state index in [0.29, 0.717) is 26.3 Å². The molecule has 5 nitrogen and oxygen atoms in total. The quantitative estimate of drug-likeness (QED) is 0.772. The van der Waals surface area contributed by atoms with Gasteiger partial charge in [-0.3, -0.25) is 9.69 Å². The van der Waals surface area contributed by atoms with Gasteiger partial charge in [-0.2, -0.15) is 0 Å². The van der Waals surface area contributed by atoms with E-state index >= 15 is 0 Å². The summed E-state index contributed by atoms with van der Waals surface area (Å²) < 4.78 is 11.5. The fraction of sp³-hybridized carbons (Fsp3) is 0.550. The van der Waals surface area contributed by atoms with Crippen molar-refractivity contribution >= 4 is 5.91 Å². The third-order valence-corrected chi connectivity index (χ3v) is 4.93. The summed E-state index contributed by atoms with van der Waals surface area (Å²) in [5.74, 6) is -0.296. The van der Waals surface area contributed by atoms with E-state index in [1.165, 1.54) is 5.56 Å². The number of nitrogens with zero attached hydrogens (tertiary/aromatic N) is 1. The molecule has 0 unspecified atom stereocenters. The van der Waals surface area contributed by atoms with Crippen LogP contribution in [0.25, 0.3) is 0 Å². The van der Waals surface area contributed by atoms with E-state index in [9.17, 15) is 4.79 Å². The summed E-state index contributed by atoms with van der Waals surface area (Å²) in [7, 11) is 0. The van der Waals surface area contributed by atoms with Crippen LogP contribution in [0.5, 0.6) is 0 Å². The standard InChI is InChI=1S/C20H28N2O3/c1-2-12-22(15-17-6-4-3-5-7-17)16-19(23)21-18-8-10-20(11-9-18)24-13-14-25-20/h2-7,18H,1,8-16H2,(H,21,23). The molecule has 1 aromatic rings. The smallest absolute Gasteiger partial charge is 0.234 e. The molecule has 2 fully saturated rings. The monoisotopic (exact) mass is 344 g/mol. The van der Waals surface area contributed by atoms with Crippen LogP contribution in [-0.2, 0) is 20.8 Å². The number of nitrogens with one attached hydrogen (secondary N) is 1. The molecule has 2 aliphatic rings. The van der Waals surface area contributed by atoms with Crippen LogP contribution in [0.1, 0.15) is 31.2 Å². The number of amides is 1. The lowest BCUT2D eigenvalue weighted by molar-refractivity contribution is -0.180. The number of hydrogen-bond acceptors (Lipinski definition) is 4. The van der Waals surface area contributed by atoms with Gasteiger partial charge in [0.15, 0.2) is 5.79 Å². The average molecular weight is 344 g/mol. The number of carbonyl (C=O) groups is 1. The zero-order valence-electron chi connectivity index (χ0n) is 14.8. The van der Waals surface area contributed by atoms with Crippen molar-refractivity contribution in [2.45, 2.75) is 44.1 Å². The van der Waals surface area contributed by atoms with Crippen molar-refractivity contribution in [2.75, 3.05) is 26.3 Å². The van der Waals surface area contributed by atoms with Gasteiger partial charge < -0.3 is 14.8 Å².